The predicted octanol–water partition coefficient (Wildman–Crippen LogP) is 0.423. The summed E-state index contributed by atoms with van der Waals surface area (Å²) in [5.41, 5.74) is 0. The lowest BCUT2D eigenvalue weighted by Gasteiger charge is -2.27. The number of nitrogens with zero attached hydrogens (tertiary/aromatic N) is 3. The van der Waals surface area contributed by atoms with Gasteiger partial charge < -0.3 is 4.74 Å². The van der Waals surface area contributed by atoms with Gasteiger partial charge >= 0.3 is 0 Å². The second kappa shape index (κ2) is 5.24. The van der Waals surface area contributed by atoms with Crippen molar-refractivity contribution in [1.82, 2.24) is 19.7 Å². The fraction of sp³-hybridized carbons (Fsp3) is 0.778. The molecule has 0 spiro atoms. The van der Waals surface area contributed by atoms with Crippen LogP contribution in [-0.4, -0.2) is 42.2 Å². The molecule has 1 aliphatic heterocycles. The maximum atomic E-state index is 12.2. The van der Waals surface area contributed by atoms with Gasteiger partial charge in [-0.25, -0.2) is 17.8 Å². The van der Waals surface area contributed by atoms with E-state index in [-0.39, 0.29) is 21.8 Å². The standard InChI is InChI=1S/C9H15BrN4O3S/c1-6-5-7(3-4-17-6)12-18(15,16)9-8(10)11-13-14(9)2/h6-7,12H,3-5H2,1-2H3. The van der Waals surface area contributed by atoms with Crippen LogP contribution in [-0.2, 0) is 21.8 Å². The van der Waals surface area contributed by atoms with Crippen LogP contribution in [0.4, 0.5) is 0 Å². The summed E-state index contributed by atoms with van der Waals surface area (Å²) in [7, 11) is -2.08. The number of rotatable bonds is 3. The molecule has 1 aromatic heterocycles. The first kappa shape index (κ1) is 13.9. The summed E-state index contributed by atoms with van der Waals surface area (Å²) in [6, 6.07) is -0.111. The minimum absolute atomic E-state index is 0.0432. The van der Waals surface area contributed by atoms with Gasteiger partial charge in [0.2, 0.25) is 5.03 Å². The maximum absolute atomic E-state index is 12.2. The van der Waals surface area contributed by atoms with E-state index < -0.39 is 10.0 Å². The third-order valence-electron chi connectivity index (χ3n) is 2.80. The van der Waals surface area contributed by atoms with Crippen LogP contribution in [0.15, 0.2) is 9.63 Å². The molecule has 1 saturated heterocycles. The Morgan fingerprint density at radius 1 is 1.56 bits per heavy atom. The highest BCUT2D eigenvalue weighted by Crippen LogP contribution is 2.20. The Bertz CT molecular complexity index is 510. The average Bonchev–Trinajstić information content (AvgIpc) is 2.58. The van der Waals surface area contributed by atoms with Gasteiger partial charge in [0.25, 0.3) is 10.0 Å². The molecule has 0 aliphatic carbocycles. The van der Waals surface area contributed by atoms with Crippen molar-refractivity contribution in [1.29, 1.82) is 0 Å². The third-order valence-corrected chi connectivity index (χ3v) is 5.21. The van der Waals surface area contributed by atoms with Gasteiger partial charge in [0.05, 0.1) is 6.10 Å². The number of hydrogen-bond donors (Lipinski definition) is 1. The molecule has 0 radical (unpaired) electrons. The first-order valence-corrected chi connectivity index (χ1v) is 7.87. The molecular formula is C9H15BrN4O3S. The first-order valence-electron chi connectivity index (χ1n) is 5.59. The number of aryl methyl sites for hydroxylation is 1. The minimum atomic E-state index is -3.62. The third kappa shape index (κ3) is 2.90. The Kier molecular flexibility index (Phi) is 4.05. The smallest absolute Gasteiger partial charge is 0.260 e. The maximum Gasteiger partial charge on any atom is 0.260 e. The molecule has 1 aliphatic rings. The molecule has 1 N–H and O–H groups in total. The molecule has 7 nitrogen and oxygen atoms in total. The van der Waals surface area contributed by atoms with Crippen LogP contribution in [0.1, 0.15) is 19.8 Å². The van der Waals surface area contributed by atoms with Gasteiger partial charge in [-0.2, -0.15) is 0 Å². The zero-order valence-electron chi connectivity index (χ0n) is 10.1. The van der Waals surface area contributed by atoms with Crippen molar-refractivity contribution >= 4 is 26.0 Å². The minimum Gasteiger partial charge on any atom is -0.378 e. The van der Waals surface area contributed by atoms with Crippen LogP contribution in [0.3, 0.4) is 0 Å². The van der Waals surface area contributed by atoms with Crippen molar-refractivity contribution in [2.24, 2.45) is 7.05 Å². The van der Waals surface area contributed by atoms with Crippen molar-refractivity contribution in [2.45, 2.75) is 36.9 Å². The van der Waals surface area contributed by atoms with E-state index in [9.17, 15) is 8.42 Å². The molecule has 2 unspecified atom stereocenters. The molecular weight excluding hydrogens is 324 g/mol. The molecule has 18 heavy (non-hydrogen) atoms. The highest BCUT2D eigenvalue weighted by Gasteiger charge is 2.29. The van der Waals surface area contributed by atoms with Crippen molar-refractivity contribution < 1.29 is 13.2 Å². The highest BCUT2D eigenvalue weighted by atomic mass is 79.9. The molecule has 0 saturated carbocycles. The van der Waals surface area contributed by atoms with Crippen molar-refractivity contribution in [3.8, 4) is 0 Å². The first-order chi connectivity index (χ1) is 8.40. The van der Waals surface area contributed by atoms with Crippen molar-refractivity contribution in [3.05, 3.63) is 4.60 Å². The SMILES string of the molecule is CC1CC(NS(=O)(=O)c2c(Br)nnn2C)CCO1. The van der Waals surface area contributed by atoms with Gasteiger partial charge in [0.15, 0.2) is 4.60 Å². The molecule has 0 amide bonds. The van der Waals surface area contributed by atoms with E-state index in [1.54, 1.807) is 7.05 Å². The lowest BCUT2D eigenvalue weighted by atomic mass is 10.1. The number of halogens is 1. The predicted molar refractivity (Wildman–Crippen MR) is 67.5 cm³/mol. The Labute approximate surface area is 114 Å². The highest BCUT2D eigenvalue weighted by molar-refractivity contribution is 9.10. The van der Waals surface area contributed by atoms with Crippen molar-refractivity contribution in [2.75, 3.05) is 6.61 Å². The number of hydrogen-bond acceptors (Lipinski definition) is 5. The van der Waals surface area contributed by atoms with Crippen LogP contribution >= 0.6 is 15.9 Å². The second-order valence-electron chi connectivity index (χ2n) is 4.33. The largest absolute Gasteiger partial charge is 0.378 e. The summed E-state index contributed by atoms with van der Waals surface area (Å²) >= 11 is 3.09. The summed E-state index contributed by atoms with van der Waals surface area (Å²) in [6.07, 6.45) is 1.41. The van der Waals surface area contributed by atoms with Gasteiger partial charge in [-0.3, -0.25) is 0 Å². The van der Waals surface area contributed by atoms with E-state index in [4.69, 9.17) is 4.74 Å². The molecule has 2 heterocycles. The average molecular weight is 339 g/mol. The zero-order chi connectivity index (χ0) is 13.3. The Balaban J connectivity index is 2.17. The topological polar surface area (TPSA) is 86.1 Å². The number of aromatic nitrogens is 3. The van der Waals surface area contributed by atoms with Crippen LogP contribution in [0.5, 0.6) is 0 Å². The molecule has 0 bridgehead atoms. The van der Waals surface area contributed by atoms with Crippen LogP contribution in [0.2, 0.25) is 0 Å². The molecule has 9 heteroatoms. The van der Waals surface area contributed by atoms with Gasteiger partial charge in [-0.15, -0.1) is 5.10 Å². The van der Waals surface area contributed by atoms with Gasteiger partial charge in [0, 0.05) is 19.7 Å². The van der Waals surface area contributed by atoms with E-state index in [0.29, 0.717) is 19.4 Å². The summed E-state index contributed by atoms with van der Waals surface area (Å²) in [5, 5.41) is 7.39. The van der Waals surface area contributed by atoms with Gasteiger partial charge in [-0.05, 0) is 35.7 Å². The molecule has 0 aromatic carbocycles. The van der Waals surface area contributed by atoms with E-state index in [0.717, 1.165) is 0 Å². The number of ether oxygens (including phenoxy) is 1. The van der Waals surface area contributed by atoms with E-state index in [1.165, 1.54) is 4.68 Å². The fourth-order valence-corrected chi connectivity index (χ4v) is 4.37. The second-order valence-corrected chi connectivity index (χ2v) is 6.71. The summed E-state index contributed by atoms with van der Waals surface area (Å²) in [4.78, 5) is 0. The summed E-state index contributed by atoms with van der Waals surface area (Å²) < 4.78 is 34.0. The molecule has 2 atom stereocenters. The molecule has 102 valence electrons. The van der Waals surface area contributed by atoms with Crippen molar-refractivity contribution in [3.63, 3.8) is 0 Å². The summed E-state index contributed by atoms with van der Waals surface area (Å²) in [5.74, 6) is 0. The molecule has 1 fully saturated rings. The quantitative estimate of drug-likeness (QED) is 0.863. The van der Waals surface area contributed by atoms with Crippen LogP contribution in [0, 0.1) is 0 Å². The van der Waals surface area contributed by atoms with Crippen LogP contribution < -0.4 is 4.72 Å². The lowest BCUT2D eigenvalue weighted by Crippen LogP contribution is -2.41. The summed E-state index contributed by atoms with van der Waals surface area (Å²) in [6.45, 7) is 2.50. The van der Waals surface area contributed by atoms with E-state index in [2.05, 4.69) is 31.0 Å². The fourth-order valence-electron chi connectivity index (χ4n) is 1.99. The Morgan fingerprint density at radius 2 is 2.28 bits per heavy atom. The molecule has 2 rings (SSSR count). The molecule has 1 aromatic rings. The van der Waals surface area contributed by atoms with Gasteiger partial charge in [-0.1, -0.05) is 5.21 Å². The Morgan fingerprint density at radius 3 is 2.83 bits per heavy atom. The van der Waals surface area contributed by atoms with E-state index >= 15 is 0 Å². The Hall–Kier alpha value is -0.510. The normalized spacial score (nSPS) is 25.3. The van der Waals surface area contributed by atoms with Crippen LogP contribution in [0.25, 0.3) is 0 Å². The number of nitrogens with one attached hydrogen (secondary N) is 1. The van der Waals surface area contributed by atoms with Gasteiger partial charge in [0.1, 0.15) is 0 Å². The number of sulfonamides is 1. The van der Waals surface area contributed by atoms with E-state index in [1.807, 2.05) is 6.92 Å². The monoisotopic (exact) mass is 338 g/mol. The lowest BCUT2D eigenvalue weighted by molar-refractivity contribution is 0.0173. The zero-order valence-corrected chi connectivity index (χ0v) is 12.5.